The van der Waals surface area contributed by atoms with Crippen molar-refractivity contribution in [2.45, 2.75) is 0 Å². The van der Waals surface area contributed by atoms with Crippen molar-refractivity contribution in [1.29, 1.82) is 0 Å². The SMILES string of the molecule is O=[N+]([O-])[O-].O=[N+]([O-])[O-].O=[N+]([O-])[O-].O=[N+]([O-])[O-].O=[N+]([O-])[O-].[Bi+3].[Ni+2]. The average molecular weight is 578 g/mol. The van der Waals surface area contributed by atoms with E-state index in [0.717, 1.165) is 0 Å². The van der Waals surface area contributed by atoms with Crippen LogP contribution in [0.5, 0.6) is 0 Å². The Morgan fingerprint density at radius 1 is 0.364 bits per heavy atom. The van der Waals surface area contributed by atoms with E-state index in [1.165, 1.54) is 0 Å². The van der Waals surface area contributed by atoms with Gasteiger partial charge in [-0.05, 0) is 0 Å². The third kappa shape index (κ3) is 677. The molecule has 0 fully saturated rings. The monoisotopic (exact) mass is 577 g/mol. The molecule has 130 valence electrons. The summed E-state index contributed by atoms with van der Waals surface area (Å²) in [6, 6.07) is 0. The van der Waals surface area contributed by atoms with E-state index in [-0.39, 0.29) is 42.7 Å². The summed E-state index contributed by atoms with van der Waals surface area (Å²) in [7, 11) is 0. The number of nitrogens with zero attached hydrogens (tertiary/aromatic N) is 5. The number of hydrogen-bond donors (Lipinski definition) is 0. The van der Waals surface area contributed by atoms with Crippen LogP contribution in [0.3, 0.4) is 0 Å². The molecule has 0 aliphatic rings. The van der Waals surface area contributed by atoms with Crippen LogP contribution in [0.15, 0.2) is 0 Å². The second-order valence-electron chi connectivity index (χ2n) is 1.12. The third-order valence-electron chi connectivity index (χ3n) is 0. The van der Waals surface area contributed by atoms with Crippen LogP contribution in [-0.4, -0.2) is 51.6 Å². The second-order valence-corrected chi connectivity index (χ2v) is 1.12. The van der Waals surface area contributed by atoms with Gasteiger partial charge in [-0.25, -0.2) is 0 Å². The molecule has 0 aromatic carbocycles. The van der Waals surface area contributed by atoms with Gasteiger partial charge in [0.2, 0.25) is 0 Å². The predicted octanol–water partition coefficient (Wildman–Crippen LogP) is -1.58. The van der Waals surface area contributed by atoms with E-state index in [1.807, 2.05) is 0 Å². The van der Waals surface area contributed by atoms with Crippen molar-refractivity contribution in [2.75, 3.05) is 0 Å². The molecule has 0 aromatic rings. The van der Waals surface area contributed by atoms with Crippen LogP contribution in [0.2, 0.25) is 0 Å². The normalized spacial score (nSPS) is 5.45. The van der Waals surface area contributed by atoms with Crippen molar-refractivity contribution >= 4 is 26.2 Å². The van der Waals surface area contributed by atoms with Crippen LogP contribution in [0, 0.1) is 76.6 Å². The molecule has 22 heteroatoms. The predicted molar refractivity (Wildman–Crippen MR) is 57.6 cm³/mol. The standard InChI is InChI=1S/Bi.5NO3.Ni/c;5*2-1(3)4;/q+3;5*-1;+2. The zero-order chi connectivity index (χ0) is 17.9. The maximum Gasteiger partial charge on any atom is 3.00 e. The van der Waals surface area contributed by atoms with E-state index < -0.39 is 25.4 Å². The number of rotatable bonds is 0. The molecule has 0 aromatic heterocycles. The Morgan fingerprint density at radius 3 is 0.364 bits per heavy atom. The van der Waals surface area contributed by atoms with Crippen LogP contribution in [0.1, 0.15) is 0 Å². The molecule has 0 aliphatic heterocycles. The van der Waals surface area contributed by atoms with Crippen molar-refractivity contribution in [1.82, 2.24) is 0 Å². The summed E-state index contributed by atoms with van der Waals surface area (Å²) < 4.78 is 0. The second kappa shape index (κ2) is 36.2. The van der Waals surface area contributed by atoms with Gasteiger partial charge in [0.05, 0.1) is 25.4 Å². The van der Waals surface area contributed by atoms with Gasteiger partial charge >= 0.3 is 42.7 Å². The van der Waals surface area contributed by atoms with Gasteiger partial charge in [-0.3, -0.25) is 0 Å². The topological polar surface area (TPSA) is 331 Å². The molecule has 0 N–H and O–H groups in total. The minimum atomic E-state index is -1.75. The van der Waals surface area contributed by atoms with Crippen LogP contribution < -0.4 is 0 Å². The minimum absolute atomic E-state index is 0. The molecule has 0 rings (SSSR count). The van der Waals surface area contributed by atoms with Gasteiger partial charge in [0.15, 0.2) is 0 Å². The smallest absolute Gasteiger partial charge is 0.356 e. The van der Waals surface area contributed by atoms with Gasteiger partial charge in [0.1, 0.15) is 0 Å². The van der Waals surface area contributed by atoms with E-state index in [4.69, 9.17) is 76.6 Å². The van der Waals surface area contributed by atoms with Crippen LogP contribution in [0.25, 0.3) is 0 Å². The Morgan fingerprint density at radius 2 is 0.364 bits per heavy atom. The molecular formula is BiN5NiO15. The van der Waals surface area contributed by atoms with Gasteiger partial charge in [0.25, 0.3) is 0 Å². The summed E-state index contributed by atoms with van der Waals surface area (Å²) in [6.45, 7) is 0. The Kier molecular flexibility index (Phi) is 70.3. The molecule has 0 atom stereocenters. The minimum Gasteiger partial charge on any atom is -0.356 e. The van der Waals surface area contributed by atoms with E-state index in [1.54, 1.807) is 0 Å². The average Bonchev–Trinajstić information content (AvgIpc) is 1.94. The summed E-state index contributed by atoms with van der Waals surface area (Å²) in [5, 5.41) is 73.8. The molecule has 0 saturated carbocycles. The van der Waals surface area contributed by atoms with Crippen molar-refractivity contribution in [3.8, 4) is 0 Å². The summed E-state index contributed by atoms with van der Waals surface area (Å²) in [5.41, 5.74) is 0. The van der Waals surface area contributed by atoms with Gasteiger partial charge in [0, 0.05) is 0 Å². The van der Waals surface area contributed by atoms with Crippen LogP contribution >= 0.6 is 0 Å². The summed E-state index contributed by atoms with van der Waals surface area (Å²) >= 11 is 0. The van der Waals surface area contributed by atoms with Gasteiger partial charge < -0.3 is 76.6 Å². The molecule has 0 unspecified atom stereocenters. The molecule has 2 radical (unpaired) electrons. The molecule has 0 aliphatic carbocycles. The first kappa shape index (κ1) is 42.7. The van der Waals surface area contributed by atoms with E-state index >= 15 is 0 Å². The third-order valence-corrected chi connectivity index (χ3v) is 0. The molecule has 0 amide bonds. The van der Waals surface area contributed by atoms with Crippen molar-refractivity contribution in [2.24, 2.45) is 0 Å². The van der Waals surface area contributed by atoms with Gasteiger partial charge in [-0.15, -0.1) is 0 Å². The van der Waals surface area contributed by atoms with Crippen LogP contribution in [0.4, 0.5) is 0 Å². The molecule has 0 bridgehead atoms. The molecular weight excluding hydrogens is 578 g/mol. The summed E-state index contributed by atoms with van der Waals surface area (Å²) in [6.07, 6.45) is 0. The van der Waals surface area contributed by atoms with Gasteiger partial charge in [-0.1, -0.05) is 0 Å². The fourth-order valence-electron chi connectivity index (χ4n) is 0. The number of hydrogen-bond acceptors (Lipinski definition) is 15. The fraction of sp³-hybridized carbons (Fsp3) is 0. The van der Waals surface area contributed by atoms with Gasteiger partial charge in [-0.2, -0.15) is 0 Å². The maximum atomic E-state index is 8.25. The molecule has 0 spiro atoms. The van der Waals surface area contributed by atoms with Crippen molar-refractivity contribution in [3.05, 3.63) is 76.6 Å². The van der Waals surface area contributed by atoms with Crippen molar-refractivity contribution in [3.63, 3.8) is 0 Å². The Labute approximate surface area is 145 Å². The molecule has 22 heavy (non-hydrogen) atoms. The Balaban J connectivity index is -0.0000000250. The van der Waals surface area contributed by atoms with E-state index in [0.29, 0.717) is 0 Å². The first-order valence-corrected chi connectivity index (χ1v) is 2.74. The van der Waals surface area contributed by atoms with E-state index in [9.17, 15) is 0 Å². The zero-order valence-corrected chi connectivity index (χ0v) is 13.6. The Bertz CT molecular complexity index is 213. The summed E-state index contributed by atoms with van der Waals surface area (Å²) in [5.74, 6) is 0. The summed E-state index contributed by atoms with van der Waals surface area (Å²) in [4.78, 5) is 41.2. The maximum absolute atomic E-state index is 8.25. The first-order valence-electron chi connectivity index (χ1n) is 2.74. The molecule has 20 nitrogen and oxygen atoms in total. The molecule has 0 heterocycles. The first-order chi connectivity index (χ1) is 8.66. The zero-order valence-electron chi connectivity index (χ0n) is 9.12. The fourth-order valence-corrected chi connectivity index (χ4v) is 0. The quantitative estimate of drug-likeness (QED) is 0.178. The molecule has 0 saturated heterocycles. The van der Waals surface area contributed by atoms with E-state index in [2.05, 4.69) is 0 Å². The van der Waals surface area contributed by atoms with Crippen LogP contribution in [-0.2, 0) is 16.5 Å². The Hall–Kier alpha value is -2.62. The van der Waals surface area contributed by atoms with Crippen molar-refractivity contribution < 1.29 is 41.9 Å². The largest absolute Gasteiger partial charge is 3.00 e.